The normalized spacial score (nSPS) is 10.5. The second kappa shape index (κ2) is 5.90. The van der Waals surface area contributed by atoms with Gasteiger partial charge in [0.1, 0.15) is 11.6 Å². The number of hydrogen-bond donors (Lipinski definition) is 0. The van der Waals surface area contributed by atoms with Crippen LogP contribution in [0.5, 0.6) is 5.75 Å². The lowest BCUT2D eigenvalue weighted by molar-refractivity contribution is -0.0505. The summed E-state index contributed by atoms with van der Waals surface area (Å²) in [5.74, 6) is -2.07. The summed E-state index contributed by atoms with van der Waals surface area (Å²) in [7, 11) is 1.11. The smallest absolute Gasteiger partial charge is 0.387 e. The first kappa shape index (κ1) is 13.8. The van der Waals surface area contributed by atoms with E-state index in [-0.39, 0.29) is 16.5 Å². The third-order valence-electron chi connectivity index (χ3n) is 1.93. The van der Waals surface area contributed by atoms with Crippen LogP contribution in [-0.2, 0) is 10.1 Å². The van der Waals surface area contributed by atoms with E-state index in [9.17, 15) is 18.0 Å². The molecular formula is C10H8BrF3O3. The minimum Gasteiger partial charge on any atom is -0.465 e. The van der Waals surface area contributed by atoms with Gasteiger partial charge in [-0.1, -0.05) is 15.9 Å². The molecule has 1 aromatic carbocycles. The third kappa shape index (κ3) is 3.36. The molecule has 7 heteroatoms. The van der Waals surface area contributed by atoms with Crippen molar-refractivity contribution in [1.82, 2.24) is 0 Å². The summed E-state index contributed by atoms with van der Waals surface area (Å²) in [4.78, 5) is 11.3. The lowest BCUT2D eigenvalue weighted by Gasteiger charge is -2.12. The van der Waals surface area contributed by atoms with Crippen molar-refractivity contribution in [1.29, 1.82) is 0 Å². The maximum absolute atomic E-state index is 13.1. The fraction of sp³-hybridized carbons (Fsp3) is 0.300. The number of methoxy groups -OCH3 is 1. The molecule has 0 aliphatic carbocycles. The molecule has 17 heavy (non-hydrogen) atoms. The Hall–Kier alpha value is -1.24. The van der Waals surface area contributed by atoms with E-state index in [2.05, 4.69) is 25.4 Å². The zero-order valence-corrected chi connectivity index (χ0v) is 10.3. The Morgan fingerprint density at radius 2 is 2.12 bits per heavy atom. The van der Waals surface area contributed by atoms with Gasteiger partial charge in [0.15, 0.2) is 0 Å². The van der Waals surface area contributed by atoms with Gasteiger partial charge >= 0.3 is 12.6 Å². The van der Waals surface area contributed by atoms with E-state index in [0.29, 0.717) is 0 Å². The summed E-state index contributed by atoms with van der Waals surface area (Å²) >= 11 is 3.02. The summed E-state index contributed by atoms with van der Waals surface area (Å²) in [5.41, 5.74) is -0.0430. The predicted molar refractivity (Wildman–Crippen MR) is 57.0 cm³/mol. The Labute approximate surface area is 104 Å². The standard InChI is InChI=1S/C10H8BrF3O3/c1-16-9(15)6-2-5(12)3-8(7(6)4-11)17-10(13)14/h2-3,10H,4H2,1H3. The number of esters is 1. The molecule has 0 amide bonds. The molecule has 94 valence electrons. The number of rotatable bonds is 4. The molecule has 0 atom stereocenters. The van der Waals surface area contributed by atoms with Gasteiger partial charge in [-0.2, -0.15) is 8.78 Å². The largest absolute Gasteiger partial charge is 0.465 e. The number of halogens is 4. The summed E-state index contributed by atoms with van der Waals surface area (Å²) in [6.07, 6.45) is 0. The van der Waals surface area contributed by atoms with Crippen molar-refractivity contribution in [3.8, 4) is 5.75 Å². The number of alkyl halides is 3. The van der Waals surface area contributed by atoms with Crippen molar-refractivity contribution in [2.45, 2.75) is 11.9 Å². The Morgan fingerprint density at radius 1 is 1.47 bits per heavy atom. The van der Waals surface area contributed by atoms with Crippen molar-refractivity contribution < 1.29 is 27.4 Å². The molecule has 1 rings (SSSR count). The van der Waals surface area contributed by atoms with Gasteiger partial charge in [-0.05, 0) is 6.07 Å². The monoisotopic (exact) mass is 312 g/mol. The van der Waals surface area contributed by atoms with Crippen LogP contribution >= 0.6 is 15.9 Å². The van der Waals surface area contributed by atoms with Gasteiger partial charge in [-0.3, -0.25) is 0 Å². The molecular weight excluding hydrogens is 305 g/mol. The fourth-order valence-corrected chi connectivity index (χ4v) is 1.82. The van der Waals surface area contributed by atoms with E-state index in [1.807, 2.05) is 0 Å². The number of ether oxygens (including phenoxy) is 2. The van der Waals surface area contributed by atoms with Crippen LogP contribution in [0.2, 0.25) is 0 Å². The van der Waals surface area contributed by atoms with Gasteiger partial charge in [-0.25, -0.2) is 9.18 Å². The van der Waals surface area contributed by atoms with Crippen LogP contribution in [0.1, 0.15) is 15.9 Å². The van der Waals surface area contributed by atoms with Gasteiger partial charge in [0, 0.05) is 17.0 Å². The zero-order valence-electron chi connectivity index (χ0n) is 8.68. The lowest BCUT2D eigenvalue weighted by Crippen LogP contribution is -2.10. The molecule has 0 spiro atoms. The Kier molecular flexibility index (Phi) is 4.80. The molecule has 0 aliphatic heterocycles. The predicted octanol–water partition coefficient (Wildman–Crippen LogP) is 3.11. The fourth-order valence-electron chi connectivity index (χ4n) is 1.24. The summed E-state index contributed by atoms with van der Waals surface area (Å²) in [5, 5.41) is 0.0553. The summed E-state index contributed by atoms with van der Waals surface area (Å²) in [6, 6.07) is 1.69. The van der Waals surface area contributed by atoms with Crippen LogP contribution in [0.4, 0.5) is 13.2 Å². The van der Waals surface area contributed by atoms with Crippen LogP contribution < -0.4 is 4.74 Å². The van der Waals surface area contributed by atoms with E-state index in [4.69, 9.17) is 0 Å². The molecule has 0 bridgehead atoms. The Bertz CT molecular complexity index is 424. The highest BCUT2D eigenvalue weighted by atomic mass is 79.9. The highest BCUT2D eigenvalue weighted by Gasteiger charge is 2.19. The van der Waals surface area contributed by atoms with Crippen molar-refractivity contribution >= 4 is 21.9 Å². The van der Waals surface area contributed by atoms with Crippen molar-refractivity contribution in [2.75, 3.05) is 7.11 Å². The minimum atomic E-state index is -3.10. The molecule has 0 saturated heterocycles. The lowest BCUT2D eigenvalue weighted by atomic mass is 10.1. The minimum absolute atomic E-state index is 0.0553. The summed E-state index contributed by atoms with van der Waals surface area (Å²) in [6.45, 7) is -3.10. The van der Waals surface area contributed by atoms with E-state index < -0.39 is 24.1 Å². The molecule has 3 nitrogen and oxygen atoms in total. The van der Waals surface area contributed by atoms with Crippen molar-refractivity contribution in [3.05, 3.63) is 29.1 Å². The van der Waals surface area contributed by atoms with Crippen LogP contribution in [0.15, 0.2) is 12.1 Å². The number of carbonyl (C=O) groups is 1. The molecule has 0 aromatic heterocycles. The number of hydrogen-bond acceptors (Lipinski definition) is 3. The SMILES string of the molecule is COC(=O)c1cc(F)cc(OC(F)F)c1CBr. The second-order valence-electron chi connectivity index (χ2n) is 2.93. The molecule has 0 radical (unpaired) electrons. The van der Waals surface area contributed by atoms with Crippen molar-refractivity contribution in [2.24, 2.45) is 0 Å². The quantitative estimate of drug-likeness (QED) is 0.633. The first-order valence-electron chi connectivity index (χ1n) is 4.41. The van der Waals surface area contributed by atoms with E-state index in [1.165, 1.54) is 0 Å². The van der Waals surface area contributed by atoms with Crippen LogP contribution in [0, 0.1) is 5.82 Å². The van der Waals surface area contributed by atoms with Crippen LogP contribution in [-0.4, -0.2) is 19.7 Å². The molecule has 0 N–H and O–H groups in total. The van der Waals surface area contributed by atoms with E-state index in [0.717, 1.165) is 19.2 Å². The molecule has 0 saturated carbocycles. The maximum atomic E-state index is 13.1. The second-order valence-corrected chi connectivity index (χ2v) is 3.49. The Morgan fingerprint density at radius 3 is 2.59 bits per heavy atom. The van der Waals surface area contributed by atoms with Gasteiger partial charge in [-0.15, -0.1) is 0 Å². The average Bonchev–Trinajstić information content (AvgIpc) is 2.26. The Balaban J connectivity index is 3.29. The van der Waals surface area contributed by atoms with Gasteiger partial charge in [0.25, 0.3) is 0 Å². The topological polar surface area (TPSA) is 35.5 Å². The van der Waals surface area contributed by atoms with Crippen LogP contribution in [0.3, 0.4) is 0 Å². The van der Waals surface area contributed by atoms with E-state index in [1.54, 1.807) is 0 Å². The van der Waals surface area contributed by atoms with E-state index >= 15 is 0 Å². The summed E-state index contributed by atoms with van der Waals surface area (Å²) < 4.78 is 45.9. The highest BCUT2D eigenvalue weighted by Crippen LogP contribution is 2.28. The van der Waals surface area contributed by atoms with Crippen molar-refractivity contribution in [3.63, 3.8) is 0 Å². The van der Waals surface area contributed by atoms with Gasteiger partial charge in [0.2, 0.25) is 0 Å². The molecule has 0 fully saturated rings. The molecule has 0 heterocycles. The van der Waals surface area contributed by atoms with Gasteiger partial charge in [0.05, 0.1) is 12.7 Å². The molecule has 0 aliphatic rings. The molecule has 0 unspecified atom stereocenters. The zero-order chi connectivity index (χ0) is 13.0. The maximum Gasteiger partial charge on any atom is 0.387 e. The highest BCUT2D eigenvalue weighted by molar-refractivity contribution is 9.08. The first-order valence-corrected chi connectivity index (χ1v) is 5.53. The van der Waals surface area contributed by atoms with Crippen LogP contribution in [0.25, 0.3) is 0 Å². The first-order chi connectivity index (χ1) is 7.99. The number of benzene rings is 1. The number of carbonyl (C=O) groups excluding carboxylic acids is 1. The average molecular weight is 313 g/mol. The van der Waals surface area contributed by atoms with Gasteiger partial charge < -0.3 is 9.47 Å². The molecule has 1 aromatic rings. The third-order valence-corrected chi connectivity index (χ3v) is 2.49.